The Kier molecular flexibility index (Phi) is 6.99. The molecule has 7 aromatic carbocycles. The molecule has 0 atom stereocenters. The Morgan fingerprint density at radius 3 is 1.09 bits per heavy atom. The summed E-state index contributed by atoms with van der Waals surface area (Å²) in [5.74, 6) is 0.714. The number of rotatable bonds is 3. The normalized spacial score (nSPS) is 14.8. The smallest absolute Gasteiger partial charge is 0.159 e. The van der Waals surface area contributed by atoms with Crippen molar-refractivity contribution in [1.29, 1.82) is 0 Å². The SMILES string of the molecule is c1cnc(-c2ccc(N3c4ccccc4C4(c5ccccc53)c3ccccc3C3(c5ccccc5N(c5cccnc5)c5ccccc53)c3ccccc34)cc2)nc1. The number of pyridine rings is 1. The van der Waals surface area contributed by atoms with E-state index in [1.54, 1.807) is 12.4 Å². The summed E-state index contributed by atoms with van der Waals surface area (Å²) in [6.45, 7) is 0. The fourth-order valence-corrected chi connectivity index (χ4v) is 10.5. The van der Waals surface area contributed by atoms with Crippen molar-refractivity contribution >= 4 is 34.1 Å². The maximum Gasteiger partial charge on any atom is 0.159 e. The molecule has 2 aromatic heterocycles. The second kappa shape index (κ2) is 12.4. The molecule has 4 heterocycles. The van der Waals surface area contributed by atoms with E-state index in [0.29, 0.717) is 5.82 Å². The van der Waals surface area contributed by atoms with Gasteiger partial charge in [-0.25, -0.2) is 9.97 Å². The number of aromatic nitrogens is 3. The minimum atomic E-state index is -0.635. The molecule has 12 rings (SSSR count). The fraction of sp³-hybridized carbons (Fsp3) is 0.0377. The van der Waals surface area contributed by atoms with Gasteiger partial charge in [-0.1, -0.05) is 121 Å². The number of hydrogen-bond donors (Lipinski definition) is 0. The number of benzene rings is 7. The summed E-state index contributed by atoms with van der Waals surface area (Å²) in [6, 6.07) is 69.1. The molecule has 5 nitrogen and oxygen atoms in total. The largest absolute Gasteiger partial charge is 0.310 e. The van der Waals surface area contributed by atoms with Crippen molar-refractivity contribution in [2.45, 2.75) is 10.8 Å². The van der Waals surface area contributed by atoms with Crippen LogP contribution in [0.4, 0.5) is 34.1 Å². The second-order valence-electron chi connectivity index (χ2n) is 15.2. The molecule has 0 bridgehead atoms. The van der Waals surface area contributed by atoms with E-state index >= 15 is 0 Å². The summed E-state index contributed by atoms with van der Waals surface area (Å²) in [7, 11) is 0. The van der Waals surface area contributed by atoms with E-state index in [1.807, 2.05) is 24.5 Å². The van der Waals surface area contributed by atoms with E-state index in [9.17, 15) is 0 Å². The summed E-state index contributed by atoms with van der Waals surface area (Å²) in [6.07, 6.45) is 7.39. The number of nitrogens with zero attached hydrogens (tertiary/aromatic N) is 5. The summed E-state index contributed by atoms with van der Waals surface area (Å²) in [5, 5.41) is 0. The Hall–Kier alpha value is -7.63. The van der Waals surface area contributed by atoms with Crippen LogP contribution in [0.5, 0.6) is 0 Å². The molecule has 1 aliphatic carbocycles. The van der Waals surface area contributed by atoms with Gasteiger partial charge in [0.05, 0.1) is 45.5 Å². The lowest BCUT2D eigenvalue weighted by Gasteiger charge is -2.56. The maximum atomic E-state index is 4.58. The van der Waals surface area contributed by atoms with Crippen LogP contribution in [0.15, 0.2) is 213 Å². The van der Waals surface area contributed by atoms with Crippen molar-refractivity contribution in [3.05, 3.63) is 257 Å². The van der Waals surface area contributed by atoms with E-state index in [4.69, 9.17) is 0 Å². The molecule has 0 saturated carbocycles. The van der Waals surface area contributed by atoms with Gasteiger partial charge in [0, 0.05) is 29.8 Å². The third-order valence-corrected chi connectivity index (χ3v) is 12.5. The number of fused-ring (bicyclic) bond motifs is 14. The molecule has 2 spiro atoms. The average molecular weight is 742 g/mol. The molecule has 0 N–H and O–H groups in total. The van der Waals surface area contributed by atoms with Crippen LogP contribution in [0.1, 0.15) is 44.5 Å². The average Bonchev–Trinajstić information content (AvgIpc) is 3.31. The van der Waals surface area contributed by atoms with Gasteiger partial charge in [-0.05, 0) is 111 Å². The van der Waals surface area contributed by atoms with Crippen LogP contribution in [0.2, 0.25) is 0 Å². The van der Waals surface area contributed by atoms with E-state index in [2.05, 4.69) is 201 Å². The molecule has 5 heteroatoms. The van der Waals surface area contributed by atoms with Crippen LogP contribution in [0.25, 0.3) is 11.4 Å². The van der Waals surface area contributed by atoms with Crippen molar-refractivity contribution in [3.8, 4) is 11.4 Å². The van der Waals surface area contributed by atoms with Crippen LogP contribution in [-0.4, -0.2) is 15.0 Å². The first kappa shape index (κ1) is 32.6. The van der Waals surface area contributed by atoms with Crippen molar-refractivity contribution < 1.29 is 0 Å². The highest BCUT2D eigenvalue weighted by molar-refractivity contribution is 5.95. The molecular formula is C53H35N5. The first-order chi connectivity index (χ1) is 28.8. The van der Waals surface area contributed by atoms with E-state index in [-0.39, 0.29) is 0 Å². The number of hydrogen-bond acceptors (Lipinski definition) is 5. The molecule has 272 valence electrons. The molecule has 58 heavy (non-hydrogen) atoms. The fourth-order valence-electron chi connectivity index (χ4n) is 10.5. The number of anilines is 6. The molecular weight excluding hydrogens is 707 g/mol. The van der Waals surface area contributed by atoms with Crippen molar-refractivity contribution in [2.24, 2.45) is 0 Å². The minimum absolute atomic E-state index is 0.624. The standard InChI is InChI=1S/C53H35N5/c1-3-18-41-39(16-1)52(43-20-5-9-24-47(43)57(48-25-10-6-21-44(48)52)37-30-28-36(29-31-37)51-55-33-14-34-56-51)40-17-2-4-19-42(40)53(41)45-22-7-11-26-49(45)58(38-15-13-32-54-35-38)50-27-12-8-23-46(50)53/h1-35H. The summed E-state index contributed by atoms with van der Waals surface area (Å²) >= 11 is 0. The highest BCUT2D eigenvalue weighted by Crippen LogP contribution is 2.67. The molecule has 2 aliphatic heterocycles. The molecule has 0 fully saturated rings. The van der Waals surface area contributed by atoms with Gasteiger partial charge in [-0.2, -0.15) is 0 Å². The molecule has 3 aliphatic rings. The quantitative estimate of drug-likeness (QED) is 0.180. The molecule has 0 amide bonds. The zero-order valence-electron chi connectivity index (χ0n) is 31.4. The van der Waals surface area contributed by atoms with Gasteiger partial charge in [0.25, 0.3) is 0 Å². The second-order valence-corrected chi connectivity index (χ2v) is 15.2. The zero-order valence-corrected chi connectivity index (χ0v) is 31.4. The Bertz CT molecular complexity index is 2890. The lowest BCUT2D eigenvalue weighted by molar-refractivity contribution is 0.607. The highest BCUT2D eigenvalue weighted by Gasteiger charge is 2.58. The van der Waals surface area contributed by atoms with Gasteiger partial charge in [-0.15, -0.1) is 0 Å². The van der Waals surface area contributed by atoms with E-state index in [0.717, 1.165) is 39.7 Å². The Morgan fingerprint density at radius 1 is 0.310 bits per heavy atom. The van der Waals surface area contributed by atoms with Crippen molar-refractivity contribution in [1.82, 2.24) is 15.0 Å². The van der Waals surface area contributed by atoms with E-state index in [1.165, 1.54) is 44.5 Å². The minimum Gasteiger partial charge on any atom is -0.310 e. The van der Waals surface area contributed by atoms with E-state index < -0.39 is 10.8 Å². The van der Waals surface area contributed by atoms with Crippen molar-refractivity contribution in [3.63, 3.8) is 0 Å². The zero-order chi connectivity index (χ0) is 38.3. The lowest BCUT2D eigenvalue weighted by Crippen LogP contribution is -2.49. The summed E-state index contributed by atoms with van der Waals surface area (Å²) in [4.78, 5) is 18.4. The lowest BCUT2D eigenvalue weighted by atomic mass is 9.49. The first-order valence-electron chi connectivity index (χ1n) is 19.8. The maximum absolute atomic E-state index is 4.58. The topological polar surface area (TPSA) is 45.2 Å². The van der Waals surface area contributed by atoms with Crippen LogP contribution in [0.3, 0.4) is 0 Å². The Morgan fingerprint density at radius 2 is 0.690 bits per heavy atom. The summed E-state index contributed by atoms with van der Waals surface area (Å²) < 4.78 is 0. The van der Waals surface area contributed by atoms with Gasteiger partial charge >= 0.3 is 0 Å². The van der Waals surface area contributed by atoms with Crippen LogP contribution < -0.4 is 9.80 Å². The van der Waals surface area contributed by atoms with Crippen molar-refractivity contribution in [2.75, 3.05) is 9.80 Å². The molecule has 0 unspecified atom stereocenters. The van der Waals surface area contributed by atoms with Gasteiger partial charge in [0.15, 0.2) is 5.82 Å². The van der Waals surface area contributed by atoms with Crippen LogP contribution in [0, 0.1) is 0 Å². The first-order valence-corrected chi connectivity index (χ1v) is 19.8. The molecule has 9 aromatic rings. The molecule has 0 saturated heterocycles. The van der Waals surface area contributed by atoms with Crippen LogP contribution in [-0.2, 0) is 10.8 Å². The Balaban J connectivity index is 1.17. The van der Waals surface area contributed by atoms with Gasteiger partial charge in [-0.3, -0.25) is 4.98 Å². The van der Waals surface area contributed by atoms with Gasteiger partial charge in [0.1, 0.15) is 0 Å². The third kappa shape index (κ3) is 4.22. The molecule has 0 radical (unpaired) electrons. The van der Waals surface area contributed by atoms with Gasteiger partial charge < -0.3 is 9.80 Å². The Labute approximate surface area is 337 Å². The highest BCUT2D eigenvalue weighted by atomic mass is 15.2. The monoisotopic (exact) mass is 741 g/mol. The summed E-state index contributed by atoms with van der Waals surface area (Å²) in [5.41, 5.74) is 16.5. The number of para-hydroxylation sites is 4. The predicted octanol–water partition coefficient (Wildman–Crippen LogP) is 12.2. The predicted molar refractivity (Wildman–Crippen MR) is 232 cm³/mol. The van der Waals surface area contributed by atoms with Crippen LogP contribution >= 0.6 is 0 Å². The van der Waals surface area contributed by atoms with Gasteiger partial charge in [0.2, 0.25) is 0 Å². The third-order valence-electron chi connectivity index (χ3n) is 12.5.